The fraction of sp³-hybridized carbons (Fsp3) is 0.387. The second kappa shape index (κ2) is 9.10. The predicted octanol–water partition coefficient (Wildman–Crippen LogP) is 5.20. The van der Waals surface area contributed by atoms with Crippen LogP contribution in [0.2, 0.25) is 0 Å². The van der Waals surface area contributed by atoms with Crippen molar-refractivity contribution in [3.8, 4) is 5.75 Å². The number of aryl methyl sites for hydroxylation is 1. The molecule has 0 radical (unpaired) electrons. The molecule has 0 amide bonds. The molecule has 1 unspecified atom stereocenters. The Bertz CT molecular complexity index is 1400. The lowest BCUT2D eigenvalue weighted by molar-refractivity contribution is 0.0978. The molecule has 1 atom stereocenters. The number of ketones is 2. The van der Waals surface area contributed by atoms with Gasteiger partial charge in [-0.2, -0.15) is 0 Å². The van der Waals surface area contributed by atoms with Crippen LogP contribution in [-0.4, -0.2) is 54.5 Å². The van der Waals surface area contributed by atoms with Crippen molar-refractivity contribution >= 4 is 23.0 Å². The summed E-state index contributed by atoms with van der Waals surface area (Å²) in [5.41, 5.74) is 4.89. The van der Waals surface area contributed by atoms with Gasteiger partial charge in [0.2, 0.25) is 0 Å². The molecule has 1 saturated heterocycles. The molecule has 6 heteroatoms. The number of hydrogen-bond acceptors (Lipinski definition) is 6. The zero-order valence-corrected chi connectivity index (χ0v) is 21.8. The van der Waals surface area contributed by atoms with E-state index in [-0.39, 0.29) is 11.6 Å². The highest BCUT2D eigenvalue weighted by Crippen LogP contribution is 2.42. The van der Waals surface area contributed by atoms with Crippen LogP contribution in [0.25, 0.3) is 0 Å². The minimum atomic E-state index is -0.527. The topological polar surface area (TPSA) is 71.0 Å². The van der Waals surface area contributed by atoms with Crippen LogP contribution in [0.3, 0.4) is 0 Å². The lowest BCUT2D eigenvalue weighted by Crippen LogP contribution is -2.42. The van der Waals surface area contributed by atoms with Gasteiger partial charge in [0.1, 0.15) is 11.4 Å². The quantitative estimate of drug-likeness (QED) is 0.577. The molecular formula is C31H33N3O3. The molecule has 0 aromatic heterocycles. The van der Waals surface area contributed by atoms with Gasteiger partial charge in [0.05, 0.1) is 16.9 Å². The minimum absolute atomic E-state index is 0.140. The monoisotopic (exact) mass is 495 g/mol. The van der Waals surface area contributed by atoms with E-state index in [1.54, 1.807) is 24.3 Å². The molecule has 1 N–H and O–H groups in total. The van der Waals surface area contributed by atoms with Gasteiger partial charge in [-0.15, -0.1) is 0 Å². The van der Waals surface area contributed by atoms with Crippen LogP contribution < -0.4 is 10.1 Å². The van der Waals surface area contributed by atoms with Crippen molar-refractivity contribution in [2.75, 3.05) is 26.2 Å². The Hall–Kier alpha value is -3.51. The fourth-order valence-corrected chi connectivity index (χ4v) is 6.08. The summed E-state index contributed by atoms with van der Waals surface area (Å²) in [6, 6.07) is 12.9. The van der Waals surface area contributed by atoms with Crippen LogP contribution in [-0.2, 0) is 0 Å². The minimum Gasteiger partial charge on any atom is -0.478 e. The molecule has 2 heterocycles. The highest BCUT2D eigenvalue weighted by atomic mass is 16.5. The van der Waals surface area contributed by atoms with E-state index < -0.39 is 6.10 Å². The number of hydrogen-bond donors (Lipinski definition) is 1. The predicted molar refractivity (Wildman–Crippen MR) is 145 cm³/mol. The number of allylic oxidation sites excluding steroid dienone is 1. The van der Waals surface area contributed by atoms with Gasteiger partial charge in [-0.25, -0.2) is 4.99 Å². The third-order valence-corrected chi connectivity index (χ3v) is 7.87. The Balaban J connectivity index is 1.32. The summed E-state index contributed by atoms with van der Waals surface area (Å²) in [5.74, 6) is 0.382. The molecule has 6 rings (SSSR count). The van der Waals surface area contributed by atoms with Gasteiger partial charge in [-0.05, 0) is 62.4 Å². The Morgan fingerprint density at radius 1 is 1.05 bits per heavy atom. The zero-order valence-electron chi connectivity index (χ0n) is 21.8. The number of fused-ring (bicyclic) bond motifs is 4. The molecular weight excluding hydrogens is 462 g/mol. The van der Waals surface area contributed by atoms with Crippen LogP contribution in [0.5, 0.6) is 5.75 Å². The second-order valence-corrected chi connectivity index (χ2v) is 11.3. The summed E-state index contributed by atoms with van der Waals surface area (Å²) in [7, 11) is 0. The number of para-hydroxylation sites is 1. The maximum atomic E-state index is 13.8. The third kappa shape index (κ3) is 4.23. The standard InChI is InChI=1S/C31H33N3O3/c1-19-9-6-12-23-27(19)33-28-24(37-23)17-22(32-14-8-16-34-15-7-13-31(2,3)18-34)25-26(28)30(36)21-11-5-4-10-20(21)29(25)35/h4-6,9-12,17,24,32H,7-8,13-16,18H2,1-3H3. The number of aliphatic imine (C=N–C) groups is 1. The van der Waals surface area contributed by atoms with E-state index in [2.05, 4.69) is 24.1 Å². The molecule has 6 nitrogen and oxygen atoms in total. The summed E-state index contributed by atoms with van der Waals surface area (Å²) in [4.78, 5) is 35.0. The van der Waals surface area contributed by atoms with Crippen molar-refractivity contribution in [2.45, 2.75) is 46.1 Å². The van der Waals surface area contributed by atoms with Crippen LogP contribution in [0.1, 0.15) is 59.4 Å². The summed E-state index contributed by atoms with van der Waals surface area (Å²) in [6.45, 7) is 10.6. The van der Waals surface area contributed by atoms with E-state index in [9.17, 15) is 9.59 Å². The second-order valence-electron chi connectivity index (χ2n) is 11.3. The Morgan fingerprint density at radius 3 is 2.57 bits per heavy atom. The molecule has 37 heavy (non-hydrogen) atoms. The van der Waals surface area contributed by atoms with Gasteiger partial charge < -0.3 is 15.0 Å². The first-order valence-electron chi connectivity index (χ1n) is 13.3. The summed E-state index contributed by atoms with van der Waals surface area (Å²) in [5, 5.41) is 3.50. The largest absolute Gasteiger partial charge is 0.478 e. The van der Waals surface area contributed by atoms with Gasteiger partial charge in [0, 0.05) is 29.9 Å². The molecule has 2 aromatic rings. The third-order valence-electron chi connectivity index (χ3n) is 7.87. The van der Waals surface area contributed by atoms with Crippen LogP contribution in [0, 0.1) is 12.3 Å². The van der Waals surface area contributed by atoms with Gasteiger partial charge in [0.15, 0.2) is 17.7 Å². The van der Waals surface area contributed by atoms with Crippen molar-refractivity contribution in [1.29, 1.82) is 0 Å². The number of carbonyl (C=O) groups excluding carboxylic acids is 2. The lowest BCUT2D eigenvalue weighted by atomic mass is 9.76. The Morgan fingerprint density at radius 2 is 1.81 bits per heavy atom. The van der Waals surface area contributed by atoms with Crippen molar-refractivity contribution in [3.05, 3.63) is 82.1 Å². The van der Waals surface area contributed by atoms with Crippen molar-refractivity contribution in [2.24, 2.45) is 10.4 Å². The number of ether oxygens (including phenoxy) is 1. The molecule has 0 spiro atoms. The van der Waals surface area contributed by atoms with Crippen LogP contribution >= 0.6 is 0 Å². The molecule has 0 saturated carbocycles. The number of Topliss-reactive ketones (excluding diaryl/α,β-unsaturated/α-hetero) is 2. The van der Waals surface area contributed by atoms with Crippen LogP contribution in [0.15, 0.2) is 70.4 Å². The molecule has 1 fully saturated rings. The van der Waals surface area contributed by atoms with E-state index >= 15 is 0 Å². The molecule has 2 aliphatic carbocycles. The molecule has 2 aliphatic heterocycles. The highest BCUT2D eigenvalue weighted by Gasteiger charge is 2.43. The number of carbonyl (C=O) groups is 2. The summed E-state index contributed by atoms with van der Waals surface area (Å²) >= 11 is 0. The van der Waals surface area contributed by atoms with E-state index in [0.29, 0.717) is 57.1 Å². The molecule has 190 valence electrons. The number of benzene rings is 2. The van der Waals surface area contributed by atoms with Crippen LogP contribution in [0.4, 0.5) is 5.69 Å². The number of piperidine rings is 1. The normalized spacial score (nSPS) is 22.2. The smallest absolute Gasteiger partial charge is 0.196 e. The SMILES string of the molecule is Cc1cccc2c1N=C1C3=C(C(=O)c4ccccc4C3=O)C(NCCCN3CCCC(C)(C)C3)=CC1O2. The number of rotatable bonds is 5. The molecule has 4 aliphatic rings. The number of nitrogens with one attached hydrogen (secondary N) is 1. The first kappa shape index (κ1) is 23.9. The summed E-state index contributed by atoms with van der Waals surface area (Å²) in [6.07, 6.45) is 4.85. The van der Waals surface area contributed by atoms with Crippen molar-refractivity contribution in [3.63, 3.8) is 0 Å². The van der Waals surface area contributed by atoms with Gasteiger partial charge in [0.25, 0.3) is 0 Å². The Kier molecular flexibility index (Phi) is 5.87. The van der Waals surface area contributed by atoms with Gasteiger partial charge in [-0.1, -0.05) is 50.2 Å². The Labute approximate surface area is 218 Å². The van der Waals surface area contributed by atoms with Gasteiger partial charge >= 0.3 is 0 Å². The maximum absolute atomic E-state index is 13.8. The summed E-state index contributed by atoms with van der Waals surface area (Å²) < 4.78 is 6.34. The van der Waals surface area contributed by atoms with Crippen molar-refractivity contribution < 1.29 is 14.3 Å². The van der Waals surface area contributed by atoms with E-state index in [1.807, 2.05) is 31.2 Å². The first-order chi connectivity index (χ1) is 17.8. The zero-order chi connectivity index (χ0) is 25.7. The fourth-order valence-electron chi connectivity index (χ4n) is 6.08. The highest BCUT2D eigenvalue weighted by molar-refractivity contribution is 6.40. The average molecular weight is 496 g/mol. The maximum Gasteiger partial charge on any atom is 0.196 e. The average Bonchev–Trinajstić information content (AvgIpc) is 2.88. The number of nitrogens with zero attached hydrogens (tertiary/aromatic N) is 2. The van der Waals surface area contributed by atoms with Gasteiger partial charge in [-0.3, -0.25) is 9.59 Å². The first-order valence-corrected chi connectivity index (χ1v) is 13.3. The van der Waals surface area contributed by atoms with Crippen molar-refractivity contribution in [1.82, 2.24) is 10.2 Å². The molecule has 2 aromatic carbocycles. The molecule has 0 bridgehead atoms. The van der Waals surface area contributed by atoms with E-state index in [1.165, 1.54) is 12.8 Å². The van der Waals surface area contributed by atoms with E-state index in [0.717, 1.165) is 31.6 Å². The van der Waals surface area contributed by atoms with E-state index in [4.69, 9.17) is 9.73 Å². The number of likely N-dealkylation sites (tertiary alicyclic amines) is 1. The lowest BCUT2D eigenvalue weighted by Gasteiger charge is -2.38.